The SMILES string of the molecule is CC1CC1NC(=O)c1cc(N)on1. The number of anilines is 1. The van der Waals surface area contributed by atoms with Gasteiger partial charge in [0.05, 0.1) is 0 Å². The second-order valence-corrected chi connectivity index (χ2v) is 3.41. The quantitative estimate of drug-likeness (QED) is 0.691. The molecule has 70 valence electrons. The van der Waals surface area contributed by atoms with Crippen LogP contribution in [-0.2, 0) is 0 Å². The van der Waals surface area contributed by atoms with Crippen LogP contribution in [0.3, 0.4) is 0 Å². The average molecular weight is 181 g/mol. The van der Waals surface area contributed by atoms with Crippen molar-refractivity contribution in [1.29, 1.82) is 0 Å². The number of amides is 1. The molecule has 2 unspecified atom stereocenters. The smallest absolute Gasteiger partial charge is 0.273 e. The lowest BCUT2D eigenvalue weighted by atomic mass is 10.4. The van der Waals surface area contributed by atoms with Crippen molar-refractivity contribution in [3.63, 3.8) is 0 Å². The molecule has 0 saturated heterocycles. The standard InChI is InChI=1S/C8H11N3O2/c1-4-2-5(4)10-8(12)6-3-7(9)13-11-6/h3-5H,2,9H2,1H3,(H,10,12). The minimum Gasteiger partial charge on any atom is -0.368 e. The molecule has 0 radical (unpaired) electrons. The number of hydrogen-bond donors (Lipinski definition) is 2. The van der Waals surface area contributed by atoms with E-state index in [1.54, 1.807) is 0 Å². The minimum absolute atomic E-state index is 0.161. The van der Waals surface area contributed by atoms with Crippen LogP contribution in [0.15, 0.2) is 10.6 Å². The van der Waals surface area contributed by atoms with Gasteiger partial charge in [0.2, 0.25) is 5.88 Å². The molecule has 1 aliphatic rings. The van der Waals surface area contributed by atoms with Crippen molar-refractivity contribution in [2.24, 2.45) is 5.92 Å². The molecule has 1 saturated carbocycles. The molecular formula is C8H11N3O2. The summed E-state index contributed by atoms with van der Waals surface area (Å²) >= 11 is 0. The second-order valence-electron chi connectivity index (χ2n) is 3.41. The van der Waals surface area contributed by atoms with E-state index in [0.29, 0.717) is 12.0 Å². The summed E-state index contributed by atoms with van der Waals surface area (Å²) in [6, 6.07) is 1.72. The monoisotopic (exact) mass is 181 g/mol. The summed E-state index contributed by atoms with van der Waals surface area (Å²) in [4.78, 5) is 11.4. The van der Waals surface area contributed by atoms with Crippen LogP contribution in [0.2, 0.25) is 0 Å². The summed E-state index contributed by atoms with van der Waals surface area (Å²) in [6.07, 6.45) is 1.04. The number of carbonyl (C=O) groups excluding carboxylic acids is 1. The molecule has 1 aliphatic carbocycles. The van der Waals surface area contributed by atoms with Gasteiger partial charge in [0.1, 0.15) is 0 Å². The summed E-state index contributed by atoms with van der Waals surface area (Å²) < 4.78 is 4.58. The summed E-state index contributed by atoms with van der Waals surface area (Å²) in [5.74, 6) is 0.525. The Balaban J connectivity index is 1.97. The van der Waals surface area contributed by atoms with Gasteiger partial charge < -0.3 is 15.6 Å². The van der Waals surface area contributed by atoms with Crippen molar-refractivity contribution in [2.75, 3.05) is 5.73 Å². The maximum absolute atomic E-state index is 11.4. The Hall–Kier alpha value is -1.52. The molecular weight excluding hydrogens is 170 g/mol. The zero-order chi connectivity index (χ0) is 9.42. The van der Waals surface area contributed by atoms with Gasteiger partial charge in [0.15, 0.2) is 5.69 Å². The topological polar surface area (TPSA) is 81.2 Å². The first kappa shape index (κ1) is 8.10. The van der Waals surface area contributed by atoms with E-state index in [1.807, 2.05) is 0 Å². The Bertz CT molecular complexity index is 334. The van der Waals surface area contributed by atoms with E-state index in [4.69, 9.17) is 5.73 Å². The molecule has 5 nitrogen and oxygen atoms in total. The van der Waals surface area contributed by atoms with E-state index in [9.17, 15) is 4.79 Å². The highest BCUT2D eigenvalue weighted by atomic mass is 16.5. The second kappa shape index (κ2) is 2.76. The molecule has 0 aromatic carbocycles. The Kier molecular flexibility index (Phi) is 1.72. The molecule has 0 spiro atoms. The Labute approximate surface area is 75.3 Å². The summed E-state index contributed by atoms with van der Waals surface area (Å²) in [5, 5.41) is 6.33. The Morgan fingerprint density at radius 1 is 1.85 bits per heavy atom. The van der Waals surface area contributed by atoms with Gasteiger partial charge in [-0.1, -0.05) is 12.1 Å². The number of rotatable bonds is 2. The molecule has 0 bridgehead atoms. The lowest BCUT2D eigenvalue weighted by Gasteiger charge is -1.98. The largest absolute Gasteiger partial charge is 0.368 e. The first-order valence-electron chi connectivity index (χ1n) is 4.20. The number of nitrogens with zero attached hydrogens (tertiary/aromatic N) is 1. The predicted octanol–water partition coefficient (Wildman–Crippen LogP) is 0.395. The normalized spacial score (nSPS) is 25.6. The van der Waals surface area contributed by atoms with Crippen LogP contribution < -0.4 is 11.1 Å². The van der Waals surface area contributed by atoms with Crippen LogP contribution in [0.1, 0.15) is 23.8 Å². The highest BCUT2D eigenvalue weighted by Gasteiger charge is 2.34. The van der Waals surface area contributed by atoms with Gasteiger partial charge in [-0.05, 0) is 12.3 Å². The van der Waals surface area contributed by atoms with Crippen molar-refractivity contribution in [2.45, 2.75) is 19.4 Å². The van der Waals surface area contributed by atoms with Gasteiger partial charge in [-0.25, -0.2) is 0 Å². The summed E-state index contributed by atoms with van der Waals surface area (Å²) in [6.45, 7) is 2.09. The zero-order valence-corrected chi connectivity index (χ0v) is 7.28. The van der Waals surface area contributed by atoms with Gasteiger partial charge in [0.25, 0.3) is 5.91 Å². The molecule has 0 aliphatic heterocycles. The molecule has 13 heavy (non-hydrogen) atoms. The fourth-order valence-electron chi connectivity index (χ4n) is 1.16. The van der Waals surface area contributed by atoms with Gasteiger partial charge in [-0.3, -0.25) is 4.79 Å². The first-order chi connectivity index (χ1) is 6.16. The molecule has 1 fully saturated rings. The van der Waals surface area contributed by atoms with Crippen molar-refractivity contribution >= 4 is 11.8 Å². The van der Waals surface area contributed by atoms with Gasteiger partial charge in [-0.2, -0.15) is 0 Å². The minimum atomic E-state index is -0.213. The van der Waals surface area contributed by atoms with Gasteiger partial charge in [0, 0.05) is 12.1 Å². The third kappa shape index (κ3) is 1.63. The summed E-state index contributed by atoms with van der Waals surface area (Å²) in [7, 11) is 0. The van der Waals surface area contributed by atoms with E-state index >= 15 is 0 Å². The van der Waals surface area contributed by atoms with Crippen molar-refractivity contribution in [1.82, 2.24) is 10.5 Å². The van der Waals surface area contributed by atoms with E-state index in [0.717, 1.165) is 6.42 Å². The molecule has 3 N–H and O–H groups in total. The number of carbonyl (C=O) groups is 1. The van der Waals surface area contributed by atoms with Gasteiger partial charge in [-0.15, -0.1) is 0 Å². The summed E-state index contributed by atoms with van der Waals surface area (Å²) in [5.41, 5.74) is 5.53. The van der Waals surface area contributed by atoms with Gasteiger partial charge >= 0.3 is 0 Å². The zero-order valence-electron chi connectivity index (χ0n) is 7.28. The van der Waals surface area contributed by atoms with Crippen molar-refractivity contribution in [3.8, 4) is 0 Å². The highest BCUT2D eigenvalue weighted by molar-refractivity contribution is 5.93. The lowest BCUT2D eigenvalue weighted by Crippen LogP contribution is -2.26. The van der Waals surface area contributed by atoms with Crippen LogP contribution in [0.5, 0.6) is 0 Å². The highest BCUT2D eigenvalue weighted by Crippen LogP contribution is 2.29. The van der Waals surface area contributed by atoms with E-state index in [-0.39, 0.29) is 17.5 Å². The number of aromatic nitrogens is 1. The lowest BCUT2D eigenvalue weighted by molar-refractivity contribution is 0.0940. The average Bonchev–Trinajstić information content (AvgIpc) is 2.62. The molecule has 1 aromatic rings. The van der Waals surface area contributed by atoms with Crippen LogP contribution in [0, 0.1) is 5.92 Å². The Morgan fingerprint density at radius 2 is 2.54 bits per heavy atom. The number of nitrogens with two attached hydrogens (primary N) is 1. The van der Waals surface area contributed by atoms with Crippen LogP contribution in [0.4, 0.5) is 5.88 Å². The fraction of sp³-hybridized carbons (Fsp3) is 0.500. The van der Waals surface area contributed by atoms with E-state index in [1.165, 1.54) is 6.07 Å². The van der Waals surface area contributed by atoms with Crippen molar-refractivity contribution < 1.29 is 9.32 Å². The molecule has 1 amide bonds. The Morgan fingerprint density at radius 3 is 3.00 bits per heavy atom. The van der Waals surface area contributed by atoms with E-state index < -0.39 is 0 Å². The van der Waals surface area contributed by atoms with Crippen LogP contribution >= 0.6 is 0 Å². The molecule has 5 heteroatoms. The molecule has 2 atom stereocenters. The molecule has 2 rings (SSSR count). The maximum atomic E-state index is 11.4. The van der Waals surface area contributed by atoms with Crippen LogP contribution in [0.25, 0.3) is 0 Å². The first-order valence-corrected chi connectivity index (χ1v) is 4.20. The number of hydrogen-bond acceptors (Lipinski definition) is 4. The molecule has 1 heterocycles. The number of nitrogen functional groups attached to an aromatic ring is 1. The molecule has 1 aromatic heterocycles. The third-order valence-corrected chi connectivity index (χ3v) is 2.19. The van der Waals surface area contributed by atoms with Crippen molar-refractivity contribution in [3.05, 3.63) is 11.8 Å². The third-order valence-electron chi connectivity index (χ3n) is 2.19. The van der Waals surface area contributed by atoms with Crippen LogP contribution in [-0.4, -0.2) is 17.1 Å². The number of nitrogens with one attached hydrogen (secondary N) is 1. The maximum Gasteiger partial charge on any atom is 0.273 e. The predicted molar refractivity (Wildman–Crippen MR) is 46.0 cm³/mol. The fourth-order valence-corrected chi connectivity index (χ4v) is 1.16. The van der Waals surface area contributed by atoms with E-state index in [2.05, 4.69) is 21.9 Å².